The summed E-state index contributed by atoms with van der Waals surface area (Å²) in [6, 6.07) is 3.90. The molecule has 0 atom stereocenters. The van der Waals surface area contributed by atoms with Gasteiger partial charge in [0.1, 0.15) is 5.82 Å². The lowest BCUT2D eigenvalue weighted by Crippen LogP contribution is -2.37. The number of amides is 1. The van der Waals surface area contributed by atoms with Crippen LogP contribution in [0.3, 0.4) is 0 Å². The number of fused-ring (bicyclic) bond motifs is 1. The maximum atomic E-state index is 12.5. The molecular weight excluding hydrogens is 410 g/mol. The minimum Gasteiger partial charge on any atom is -0.356 e. The Morgan fingerprint density at radius 1 is 1.09 bits per heavy atom. The maximum absolute atomic E-state index is 12.5. The molecule has 0 aliphatic carbocycles. The zero-order valence-electron chi connectivity index (χ0n) is 18.6. The first kappa shape index (κ1) is 21.8. The Hall–Kier alpha value is -3.43. The van der Waals surface area contributed by atoms with E-state index in [2.05, 4.69) is 20.2 Å². The number of anilines is 1. The predicted molar refractivity (Wildman–Crippen MR) is 122 cm³/mol. The standard InChI is InChI=1S/C22H29N7O3/c1-26-20-18(21(31)27(2)22(26)32)29(15-25-20)13-7-9-17(30)24-14-16-8-6-10-23-19(16)28-11-4-3-5-12-28/h6,8,10,15H,3-5,7,9,11-14H2,1-2H3,(H,24,30). The predicted octanol–water partition coefficient (Wildman–Crippen LogP) is 0.916. The van der Waals surface area contributed by atoms with E-state index in [4.69, 9.17) is 0 Å². The first-order valence-electron chi connectivity index (χ1n) is 11.0. The summed E-state index contributed by atoms with van der Waals surface area (Å²) in [5.41, 5.74) is 0.951. The highest BCUT2D eigenvalue weighted by Crippen LogP contribution is 2.21. The molecule has 1 fully saturated rings. The topological polar surface area (TPSA) is 107 Å². The van der Waals surface area contributed by atoms with Crippen molar-refractivity contribution in [3.8, 4) is 0 Å². The zero-order valence-corrected chi connectivity index (χ0v) is 18.6. The normalized spacial score (nSPS) is 14.1. The molecule has 0 spiro atoms. The highest BCUT2D eigenvalue weighted by Gasteiger charge is 2.17. The quantitative estimate of drug-likeness (QED) is 0.587. The molecule has 1 N–H and O–H groups in total. The van der Waals surface area contributed by atoms with Crippen molar-refractivity contribution >= 4 is 22.9 Å². The minimum atomic E-state index is -0.411. The van der Waals surface area contributed by atoms with Gasteiger partial charge in [-0.2, -0.15) is 0 Å². The molecule has 1 amide bonds. The van der Waals surface area contributed by atoms with Crippen molar-refractivity contribution in [1.29, 1.82) is 0 Å². The van der Waals surface area contributed by atoms with Crippen LogP contribution in [0.15, 0.2) is 34.2 Å². The highest BCUT2D eigenvalue weighted by atomic mass is 16.2. The van der Waals surface area contributed by atoms with E-state index in [1.807, 2.05) is 12.1 Å². The fourth-order valence-corrected chi connectivity index (χ4v) is 4.22. The number of rotatable bonds is 7. The lowest BCUT2D eigenvalue weighted by Gasteiger charge is -2.29. The molecular formula is C22H29N7O3. The molecule has 1 aliphatic rings. The molecule has 0 saturated carbocycles. The van der Waals surface area contributed by atoms with Crippen LogP contribution in [0.25, 0.3) is 11.2 Å². The summed E-state index contributed by atoms with van der Waals surface area (Å²) in [5.74, 6) is 0.905. The lowest BCUT2D eigenvalue weighted by molar-refractivity contribution is -0.121. The number of aryl methyl sites for hydroxylation is 2. The maximum Gasteiger partial charge on any atom is 0.332 e. The summed E-state index contributed by atoms with van der Waals surface area (Å²) in [6.45, 7) is 2.90. The van der Waals surface area contributed by atoms with E-state index < -0.39 is 5.69 Å². The molecule has 4 rings (SSSR count). The average molecular weight is 440 g/mol. The summed E-state index contributed by atoms with van der Waals surface area (Å²) >= 11 is 0. The van der Waals surface area contributed by atoms with Crippen LogP contribution in [-0.4, -0.2) is 42.7 Å². The number of carbonyl (C=O) groups is 1. The molecule has 0 aromatic carbocycles. The number of nitrogens with zero attached hydrogens (tertiary/aromatic N) is 6. The molecule has 3 aromatic heterocycles. The van der Waals surface area contributed by atoms with Gasteiger partial charge in [-0.15, -0.1) is 0 Å². The Morgan fingerprint density at radius 3 is 2.66 bits per heavy atom. The molecule has 32 heavy (non-hydrogen) atoms. The third-order valence-electron chi connectivity index (χ3n) is 6.02. The van der Waals surface area contributed by atoms with Crippen LogP contribution in [0.4, 0.5) is 5.82 Å². The second-order valence-corrected chi connectivity index (χ2v) is 8.23. The van der Waals surface area contributed by atoms with Gasteiger partial charge in [0.25, 0.3) is 5.56 Å². The molecule has 1 aliphatic heterocycles. The lowest BCUT2D eigenvalue weighted by atomic mass is 10.1. The van der Waals surface area contributed by atoms with Gasteiger partial charge in [0.15, 0.2) is 11.2 Å². The van der Waals surface area contributed by atoms with Crippen molar-refractivity contribution in [2.45, 2.75) is 45.2 Å². The Morgan fingerprint density at radius 2 is 1.88 bits per heavy atom. The van der Waals surface area contributed by atoms with Crippen LogP contribution >= 0.6 is 0 Å². The van der Waals surface area contributed by atoms with Crippen LogP contribution in [0.5, 0.6) is 0 Å². The number of imidazole rings is 1. The number of piperidine rings is 1. The van der Waals surface area contributed by atoms with Gasteiger partial charge >= 0.3 is 5.69 Å². The third-order valence-corrected chi connectivity index (χ3v) is 6.02. The summed E-state index contributed by atoms with van der Waals surface area (Å²) in [6.07, 6.45) is 7.81. The van der Waals surface area contributed by atoms with Gasteiger partial charge in [-0.3, -0.25) is 18.7 Å². The Labute approximate surface area is 185 Å². The fraction of sp³-hybridized carbons (Fsp3) is 0.500. The zero-order chi connectivity index (χ0) is 22.7. The Bertz CT molecular complexity index is 1230. The van der Waals surface area contributed by atoms with Gasteiger partial charge in [-0.05, 0) is 31.7 Å². The monoisotopic (exact) mass is 439 g/mol. The SMILES string of the molecule is Cn1c(=O)c2c(ncn2CCCC(=O)NCc2cccnc2N2CCCCC2)n(C)c1=O. The number of hydrogen-bond donors (Lipinski definition) is 1. The van der Waals surface area contributed by atoms with E-state index in [-0.39, 0.29) is 11.5 Å². The number of pyridine rings is 1. The van der Waals surface area contributed by atoms with Gasteiger partial charge in [-0.25, -0.2) is 14.8 Å². The van der Waals surface area contributed by atoms with Crippen LogP contribution in [0.1, 0.15) is 37.7 Å². The molecule has 4 heterocycles. The van der Waals surface area contributed by atoms with Gasteiger partial charge in [0.2, 0.25) is 5.91 Å². The molecule has 0 unspecified atom stereocenters. The van der Waals surface area contributed by atoms with Gasteiger partial charge in [0.05, 0.1) is 6.33 Å². The summed E-state index contributed by atoms with van der Waals surface area (Å²) in [4.78, 5) is 48.0. The molecule has 10 nitrogen and oxygen atoms in total. The van der Waals surface area contributed by atoms with E-state index >= 15 is 0 Å². The van der Waals surface area contributed by atoms with E-state index in [9.17, 15) is 14.4 Å². The van der Waals surface area contributed by atoms with E-state index in [1.165, 1.54) is 30.9 Å². The average Bonchev–Trinajstić information content (AvgIpc) is 3.25. The van der Waals surface area contributed by atoms with Crippen molar-refractivity contribution in [2.75, 3.05) is 18.0 Å². The van der Waals surface area contributed by atoms with Crippen molar-refractivity contribution in [1.82, 2.24) is 29.0 Å². The minimum absolute atomic E-state index is 0.0526. The smallest absolute Gasteiger partial charge is 0.332 e. The molecule has 170 valence electrons. The summed E-state index contributed by atoms with van der Waals surface area (Å²) < 4.78 is 4.13. The van der Waals surface area contributed by atoms with Crippen molar-refractivity contribution < 1.29 is 4.79 Å². The molecule has 0 radical (unpaired) electrons. The molecule has 0 bridgehead atoms. The second-order valence-electron chi connectivity index (χ2n) is 8.23. The summed E-state index contributed by atoms with van der Waals surface area (Å²) in [5, 5.41) is 2.99. The molecule has 3 aromatic rings. The van der Waals surface area contributed by atoms with Gasteiger partial charge in [-0.1, -0.05) is 6.07 Å². The summed E-state index contributed by atoms with van der Waals surface area (Å²) in [7, 11) is 3.04. The highest BCUT2D eigenvalue weighted by molar-refractivity contribution is 5.76. The van der Waals surface area contributed by atoms with Crippen LogP contribution in [0.2, 0.25) is 0 Å². The van der Waals surface area contributed by atoms with E-state index in [0.29, 0.717) is 37.1 Å². The Balaban J connectivity index is 1.35. The van der Waals surface area contributed by atoms with Gasteiger partial charge < -0.3 is 14.8 Å². The van der Waals surface area contributed by atoms with Crippen molar-refractivity contribution in [3.05, 3.63) is 51.1 Å². The largest absolute Gasteiger partial charge is 0.356 e. The van der Waals surface area contributed by atoms with Crippen molar-refractivity contribution in [2.24, 2.45) is 14.1 Å². The number of carbonyl (C=O) groups excluding carboxylic acids is 1. The number of aromatic nitrogens is 5. The van der Waals surface area contributed by atoms with Crippen LogP contribution in [-0.2, 0) is 32.0 Å². The van der Waals surface area contributed by atoms with Crippen LogP contribution in [0, 0.1) is 0 Å². The third kappa shape index (κ3) is 4.30. The van der Waals surface area contributed by atoms with E-state index in [0.717, 1.165) is 29.0 Å². The first-order valence-corrected chi connectivity index (χ1v) is 11.0. The Kier molecular flexibility index (Phi) is 6.38. The van der Waals surface area contributed by atoms with E-state index in [1.54, 1.807) is 24.1 Å². The molecule has 10 heteroatoms. The van der Waals surface area contributed by atoms with Gasteiger partial charge in [0, 0.05) is 58.5 Å². The number of nitrogens with one attached hydrogen (secondary N) is 1. The second kappa shape index (κ2) is 9.37. The van der Waals surface area contributed by atoms with Crippen molar-refractivity contribution in [3.63, 3.8) is 0 Å². The number of hydrogen-bond acceptors (Lipinski definition) is 6. The first-order chi connectivity index (χ1) is 15.5. The fourth-order valence-electron chi connectivity index (χ4n) is 4.22. The molecule has 1 saturated heterocycles. The van der Waals surface area contributed by atoms with Crippen LogP contribution < -0.4 is 21.5 Å².